The molecule has 3 amide bonds. The highest BCUT2D eigenvalue weighted by atomic mass is 79.9. The minimum Gasteiger partial charge on any atom is -0.394 e. The first-order chi connectivity index (χ1) is 17.4. The first-order valence-electron chi connectivity index (χ1n) is 13.3. The first kappa shape index (κ1) is 26.0. The Bertz CT molecular complexity index is 986. The number of hydrogen-bond donors (Lipinski definition) is 3. The summed E-state index contributed by atoms with van der Waals surface area (Å²) in [5, 5.41) is 16.4. The first-order valence-corrected chi connectivity index (χ1v) is 15.1. The number of aliphatic hydroxyl groups is 1. The van der Waals surface area contributed by atoms with Crippen LogP contribution in [0.2, 0.25) is 0 Å². The normalized spacial score (nSPS) is 34.5. The summed E-state index contributed by atoms with van der Waals surface area (Å²) < 4.78 is -0.675. The highest BCUT2D eigenvalue weighted by Crippen LogP contribution is 2.68. The standard InChI is InChI=1S/C27H36BrN3O4S/c1-2-18(15-32)31-23(25(34)30-17-11-7-4-8-12-17)27-13-19(28)22(36-27)20(21(27)26(31)35)24(33)29-14-16-9-5-3-6-10-16/h3,5-6,9-10,17-23,32H,2,4,7-8,11-15H2,1H3,(H,29,33)(H,30,34)/t18-,19?,20-,21-,22-,23?,27?/m0/s1. The van der Waals surface area contributed by atoms with Crippen LogP contribution in [0, 0.1) is 11.8 Å². The number of hydrogen-bond acceptors (Lipinski definition) is 5. The summed E-state index contributed by atoms with van der Waals surface area (Å²) in [6.07, 6.45) is 6.52. The Morgan fingerprint density at radius 3 is 2.58 bits per heavy atom. The van der Waals surface area contributed by atoms with E-state index in [9.17, 15) is 19.5 Å². The van der Waals surface area contributed by atoms with Crippen molar-refractivity contribution in [2.75, 3.05) is 6.61 Å². The fourth-order valence-corrected chi connectivity index (χ4v) is 10.5. The van der Waals surface area contributed by atoms with Crippen LogP contribution in [-0.2, 0) is 20.9 Å². The summed E-state index contributed by atoms with van der Waals surface area (Å²) in [4.78, 5) is 43.2. The largest absolute Gasteiger partial charge is 0.394 e. The topological polar surface area (TPSA) is 98.7 Å². The average molecular weight is 579 g/mol. The number of fused-ring (bicyclic) bond motifs is 1. The van der Waals surface area contributed by atoms with Crippen molar-refractivity contribution in [3.8, 4) is 0 Å². The number of carbonyl (C=O) groups is 3. The molecule has 3 unspecified atom stereocenters. The number of rotatable bonds is 8. The summed E-state index contributed by atoms with van der Waals surface area (Å²) in [5.41, 5.74) is 1.00. The summed E-state index contributed by atoms with van der Waals surface area (Å²) in [7, 11) is 0. The molecule has 3 saturated heterocycles. The van der Waals surface area contributed by atoms with Crippen molar-refractivity contribution in [1.29, 1.82) is 0 Å². The van der Waals surface area contributed by atoms with Gasteiger partial charge in [0.2, 0.25) is 17.7 Å². The van der Waals surface area contributed by atoms with Crippen LogP contribution < -0.4 is 10.6 Å². The Morgan fingerprint density at radius 1 is 1.19 bits per heavy atom. The minimum atomic E-state index is -0.684. The molecular formula is C27H36BrN3O4S. The minimum absolute atomic E-state index is 0.0400. The third-order valence-corrected chi connectivity index (χ3v) is 11.8. The average Bonchev–Trinajstić information content (AvgIpc) is 3.48. The fraction of sp³-hybridized carbons (Fsp3) is 0.667. The highest BCUT2D eigenvalue weighted by molar-refractivity contribution is 9.09. The third kappa shape index (κ3) is 4.39. The van der Waals surface area contributed by atoms with Crippen molar-refractivity contribution < 1.29 is 19.5 Å². The quantitative estimate of drug-likeness (QED) is 0.412. The molecule has 3 heterocycles. The molecule has 0 radical (unpaired) electrons. The predicted octanol–water partition coefficient (Wildman–Crippen LogP) is 2.99. The zero-order valence-corrected chi connectivity index (χ0v) is 23.1. The van der Waals surface area contributed by atoms with E-state index in [-0.39, 0.29) is 40.4 Å². The number of nitrogens with one attached hydrogen (secondary N) is 2. The number of halogens is 1. The van der Waals surface area contributed by atoms with Gasteiger partial charge in [0.1, 0.15) is 6.04 Å². The molecule has 5 rings (SSSR count). The lowest BCUT2D eigenvalue weighted by Gasteiger charge is -2.38. The van der Waals surface area contributed by atoms with Crippen LogP contribution in [-0.4, -0.2) is 67.3 Å². The molecular weight excluding hydrogens is 542 g/mol. The van der Waals surface area contributed by atoms with Gasteiger partial charge in [-0.25, -0.2) is 0 Å². The van der Waals surface area contributed by atoms with Crippen LogP contribution in [0.5, 0.6) is 0 Å². The van der Waals surface area contributed by atoms with Gasteiger partial charge in [0.05, 0.1) is 29.2 Å². The Labute approximate surface area is 225 Å². The summed E-state index contributed by atoms with van der Waals surface area (Å²) in [6.45, 7) is 2.13. The molecule has 4 aliphatic rings. The maximum absolute atomic E-state index is 14.1. The number of amides is 3. The number of nitrogens with zero attached hydrogens (tertiary/aromatic N) is 1. The fourth-order valence-electron chi connectivity index (χ4n) is 6.90. The van der Waals surface area contributed by atoms with Gasteiger partial charge in [-0.05, 0) is 31.2 Å². The molecule has 1 spiro atoms. The maximum Gasteiger partial charge on any atom is 0.244 e. The van der Waals surface area contributed by atoms with E-state index in [1.165, 1.54) is 6.42 Å². The molecule has 3 aliphatic heterocycles. The van der Waals surface area contributed by atoms with Crippen molar-refractivity contribution in [1.82, 2.24) is 15.5 Å². The van der Waals surface area contributed by atoms with Crippen molar-refractivity contribution in [3.63, 3.8) is 0 Å². The van der Waals surface area contributed by atoms with Gasteiger partial charge >= 0.3 is 0 Å². The summed E-state index contributed by atoms with van der Waals surface area (Å²) in [5.74, 6) is -1.50. The molecule has 7 nitrogen and oxygen atoms in total. The molecule has 2 bridgehead atoms. The summed E-state index contributed by atoms with van der Waals surface area (Å²) >= 11 is 5.45. The van der Waals surface area contributed by atoms with E-state index < -0.39 is 28.7 Å². The van der Waals surface area contributed by atoms with E-state index >= 15 is 0 Å². The molecule has 1 aromatic carbocycles. The smallest absolute Gasteiger partial charge is 0.244 e. The number of benzene rings is 1. The molecule has 196 valence electrons. The monoisotopic (exact) mass is 577 g/mol. The van der Waals surface area contributed by atoms with Gasteiger partial charge in [-0.3, -0.25) is 14.4 Å². The number of likely N-dealkylation sites (tertiary alicyclic amines) is 1. The van der Waals surface area contributed by atoms with Gasteiger partial charge in [0, 0.05) is 22.7 Å². The van der Waals surface area contributed by atoms with Crippen molar-refractivity contribution in [2.24, 2.45) is 11.8 Å². The molecule has 36 heavy (non-hydrogen) atoms. The van der Waals surface area contributed by atoms with E-state index in [1.807, 2.05) is 37.3 Å². The van der Waals surface area contributed by atoms with E-state index in [0.717, 1.165) is 31.2 Å². The van der Waals surface area contributed by atoms with Gasteiger partial charge in [-0.2, -0.15) is 0 Å². The van der Waals surface area contributed by atoms with Gasteiger partial charge in [0.15, 0.2) is 0 Å². The zero-order chi connectivity index (χ0) is 25.4. The van der Waals surface area contributed by atoms with Gasteiger partial charge in [-0.1, -0.05) is 72.4 Å². The van der Waals surface area contributed by atoms with Crippen LogP contribution in [0.1, 0.15) is 57.4 Å². The van der Waals surface area contributed by atoms with Crippen LogP contribution >= 0.6 is 27.7 Å². The second-order valence-electron chi connectivity index (χ2n) is 10.7. The number of aliphatic hydroxyl groups excluding tert-OH is 1. The van der Waals surface area contributed by atoms with E-state index in [4.69, 9.17) is 0 Å². The van der Waals surface area contributed by atoms with Crippen LogP contribution in [0.25, 0.3) is 0 Å². The lowest BCUT2D eigenvalue weighted by Crippen LogP contribution is -2.58. The van der Waals surface area contributed by atoms with Crippen LogP contribution in [0.4, 0.5) is 0 Å². The highest BCUT2D eigenvalue weighted by Gasteiger charge is 2.76. The Kier molecular flexibility index (Phi) is 7.71. The molecule has 1 aliphatic carbocycles. The number of alkyl halides is 1. The molecule has 0 aromatic heterocycles. The molecule has 1 saturated carbocycles. The van der Waals surface area contributed by atoms with Gasteiger partial charge < -0.3 is 20.6 Å². The number of carbonyl (C=O) groups excluding carboxylic acids is 3. The van der Waals surface area contributed by atoms with E-state index in [0.29, 0.717) is 19.4 Å². The van der Waals surface area contributed by atoms with E-state index in [2.05, 4.69) is 26.6 Å². The molecule has 1 aromatic rings. The van der Waals surface area contributed by atoms with Gasteiger partial charge in [-0.15, -0.1) is 11.8 Å². The summed E-state index contributed by atoms with van der Waals surface area (Å²) in [6, 6.07) is 8.74. The second kappa shape index (κ2) is 10.7. The van der Waals surface area contributed by atoms with Crippen molar-refractivity contribution in [2.45, 2.75) is 91.4 Å². The number of thioether (sulfide) groups is 1. The SMILES string of the molecule is CC[C@@H](CO)N1C(=O)[C@@H]2[C@H](C(=O)NCc3ccccc3)[C@H]3SC2(CC3Br)C1C(=O)NC1CCCCC1. The van der Waals surface area contributed by atoms with Gasteiger partial charge in [0.25, 0.3) is 0 Å². The second-order valence-corrected chi connectivity index (χ2v) is 13.4. The third-order valence-electron chi connectivity index (χ3n) is 8.61. The molecule has 3 N–H and O–H groups in total. The van der Waals surface area contributed by atoms with Crippen molar-refractivity contribution >= 4 is 45.4 Å². The van der Waals surface area contributed by atoms with Crippen LogP contribution in [0.15, 0.2) is 30.3 Å². The maximum atomic E-state index is 14.1. The predicted molar refractivity (Wildman–Crippen MR) is 144 cm³/mol. The van der Waals surface area contributed by atoms with Crippen molar-refractivity contribution in [3.05, 3.63) is 35.9 Å². The molecule has 7 atom stereocenters. The Morgan fingerprint density at radius 2 is 1.92 bits per heavy atom. The molecule has 4 fully saturated rings. The lowest BCUT2D eigenvalue weighted by molar-refractivity contribution is -0.143. The Hall–Kier alpha value is -1.58. The van der Waals surface area contributed by atoms with E-state index in [1.54, 1.807) is 16.7 Å². The zero-order valence-electron chi connectivity index (χ0n) is 20.7. The Balaban J connectivity index is 1.44. The van der Waals surface area contributed by atoms with Crippen LogP contribution in [0.3, 0.4) is 0 Å². The molecule has 9 heteroatoms. The lowest BCUT2D eigenvalue weighted by atomic mass is 9.70.